The number of fused-ring (bicyclic) bond motifs is 2. The Balaban J connectivity index is 1.11. The number of nitrogens with one attached hydrogen (secondary N) is 2. The van der Waals surface area contributed by atoms with Gasteiger partial charge in [-0.05, 0) is 72.9 Å². The largest absolute Gasteiger partial charge is 0.484 e. The summed E-state index contributed by atoms with van der Waals surface area (Å²) in [5, 5.41) is 25.4. The lowest BCUT2D eigenvalue weighted by atomic mass is 9.96. The van der Waals surface area contributed by atoms with Gasteiger partial charge in [0, 0.05) is 56.0 Å². The van der Waals surface area contributed by atoms with E-state index in [1.165, 1.54) is 7.11 Å². The third kappa shape index (κ3) is 7.35. The van der Waals surface area contributed by atoms with Gasteiger partial charge in [0.05, 0.1) is 36.7 Å². The summed E-state index contributed by atoms with van der Waals surface area (Å²) < 4.78 is 29.0. The number of halogens is 3. The van der Waals surface area contributed by atoms with E-state index in [2.05, 4.69) is 20.5 Å². The molecule has 1 fully saturated rings. The predicted molar refractivity (Wildman–Crippen MR) is 204 cm³/mol. The summed E-state index contributed by atoms with van der Waals surface area (Å²) in [6.07, 6.45) is 3.46. The van der Waals surface area contributed by atoms with Gasteiger partial charge in [0.2, 0.25) is 0 Å². The Morgan fingerprint density at radius 3 is 2.52 bits per heavy atom. The zero-order valence-corrected chi connectivity index (χ0v) is 31.9. The molecular weight excluding hydrogens is 736 g/mol. The number of aliphatic hydroxyl groups is 2. The van der Waals surface area contributed by atoms with Crippen molar-refractivity contribution in [2.75, 3.05) is 32.2 Å². The van der Waals surface area contributed by atoms with Crippen LogP contribution in [0.4, 0.5) is 10.1 Å². The van der Waals surface area contributed by atoms with Gasteiger partial charge in [0.25, 0.3) is 5.91 Å². The number of hydrogen-bond donors (Lipinski definition) is 4. The second kappa shape index (κ2) is 16.0. The number of amides is 1. The summed E-state index contributed by atoms with van der Waals surface area (Å²) in [5.41, 5.74) is 7.06. The molecular formula is C40H44Cl2FN5O6. The number of carbonyl (C=O) groups is 2. The first-order valence-electron chi connectivity index (χ1n) is 18.2. The molecule has 2 heterocycles. The molecule has 2 unspecified atom stereocenters. The number of esters is 1. The number of carbonyl (C=O) groups excluding carboxylic acids is 2. The van der Waals surface area contributed by atoms with E-state index in [-0.39, 0.29) is 41.8 Å². The van der Waals surface area contributed by atoms with Crippen LogP contribution in [0.15, 0.2) is 42.5 Å². The Labute approximate surface area is 323 Å². The van der Waals surface area contributed by atoms with Crippen LogP contribution in [-0.2, 0) is 42.5 Å². The van der Waals surface area contributed by atoms with Crippen molar-refractivity contribution in [2.45, 2.75) is 76.2 Å². The van der Waals surface area contributed by atoms with Crippen LogP contribution < -0.4 is 15.4 Å². The van der Waals surface area contributed by atoms with Gasteiger partial charge in [0.15, 0.2) is 5.82 Å². The molecule has 0 radical (unpaired) electrons. The number of nitrogens with zero attached hydrogens (tertiary/aromatic N) is 3. The van der Waals surface area contributed by atoms with Crippen molar-refractivity contribution in [3.05, 3.63) is 97.8 Å². The summed E-state index contributed by atoms with van der Waals surface area (Å²) in [6, 6.07) is 12.3. The number of hydrogen-bond acceptors (Lipinski definition) is 9. The van der Waals surface area contributed by atoms with Crippen LogP contribution in [0.1, 0.15) is 82.5 Å². The molecule has 11 nitrogen and oxygen atoms in total. The van der Waals surface area contributed by atoms with E-state index in [0.717, 1.165) is 65.0 Å². The fourth-order valence-corrected chi connectivity index (χ4v) is 8.16. The SMILES string of the molecule is COC(=O)[C@@H](CO)NCc1c(C2CC2)cc(OC2CCc3c(-c4cccc(NC(=O)c5nc6c(n5C)CCN(C(C)CO)C6)c4Cl)cccc32)c(Cl)c1F. The molecule has 54 heavy (non-hydrogen) atoms. The standard InChI is InChI=1S/C40H44Cl2FN5O6/c1-21(19-49)48-15-14-32-30(18-48)45-38(47(32)2)39(51)46-29-9-5-8-26(35(29)41)23-6-4-7-25-24(23)12-13-33(25)54-34-16-27(22-10-11-22)28(37(43)36(34)42)17-44-31(20-50)40(52)53-3/h4-9,16,21-22,31,33,44,49-50H,10-15,17-20H2,1-3H3,(H,46,51)/t21?,31-,33?/m1/s1. The Hall–Kier alpha value is -4.04. The van der Waals surface area contributed by atoms with Crippen LogP contribution in [-0.4, -0.2) is 75.5 Å². The molecule has 4 N–H and O–H groups in total. The van der Waals surface area contributed by atoms with Crippen molar-refractivity contribution < 1.29 is 33.7 Å². The molecule has 286 valence electrons. The lowest BCUT2D eigenvalue weighted by Gasteiger charge is -2.30. The first-order valence-corrected chi connectivity index (χ1v) is 19.0. The van der Waals surface area contributed by atoms with Crippen LogP contribution in [0.5, 0.6) is 5.75 Å². The molecule has 2 aliphatic carbocycles. The van der Waals surface area contributed by atoms with E-state index < -0.39 is 30.5 Å². The molecule has 1 saturated carbocycles. The van der Waals surface area contributed by atoms with Crippen molar-refractivity contribution >= 4 is 40.8 Å². The minimum atomic E-state index is -0.994. The maximum Gasteiger partial charge on any atom is 0.325 e. The van der Waals surface area contributed by atoms with Crippen molar-refractivity contribution in [1.82, 2.24) is 19.8 Å². The minimum Gasteiger partial charge on any atom is -0.484 e. The van der Waals surface area contributed by atoms with Gasteiger partial charge in [-0.25, -0.2) is 9.37 Å². The monoisotopic (exact) mass is 779 g/mol. The third-order valence-corrected chi connectivity index (χ3v) is 11.7. The zero-order chi connectivity index (χ0) is 38.3. The van der Waals surface area contributed by atoms with E-state index in [0.29, 0.717) is 41.5 Å². The summed E-state index contributed by atoms with van der Waals surface area (Å²) in [6.45, 7) is 2.86. The Morgan fingerprint density at radius 1 is 1.04 bits per heavy atom. The molecule has 0 bridgehead atoms. The highest BCUT2D eigenvalue weighted by Gasteiger charge is 2.34. The van der Waals surface area contributed by atoms with Gasteiger partial charge in [-0.2, -0.15) is 0 Å². The normalized spacial score (nSPS) is 17.8. The van der Waals surface area contributed by atoms with Gasteiger partial charge >= 0.3 is 5.97 Å². The third-order valence-electron chi connectivity index (χ3n) is 10.9. The Bertz CT molecular complexity index is 2090. The van der Waals surface area contributed by atoms with E-state index in [1.54, 1.807) is 12.1 Å². The molecule has 3 aliphatic rings. The van der Waals surface area contributed by atoms with Gasteiger partial charge in [-0.3, -0.25) is 19.8 Å². The highest BCUT2D eigenvalue weighted by atomic mass is 35.5. The summed E-state index contributed by atoms with van der Waals surface area (Å²) in [5.74, 6) is -0.935. The van der Waals surface area contributed by atoms with E-state index in [9.17, 15) is 19.8 Å². The van der Waals surface area contributed by atoms with Crippen LogP contribution in [0.25, 0.3) is 11.1 Å². The van der Waals surface area contributed by atoms with Crippen molar-refractivity contribution in [3.8, 4) is 16.9 Å². The van der Waals surface area contributed by atoms with Crippen LogP contribution in [0, 0.1) is 5.82 Å². The highest BCUT2D eigenvalue weighted by Crippen LogP contribution is 2.48. The number of ether oxygens (including phenoxy) is 2. The van der Waals surface area contributed by atoms with E-state index in [4.69, 9.17) is 32.7 Å². The van der Waals surface area contributed by atoms with Crippen LogP contribution in [0.3, 0.4) is 0 Å². The number of methoxy groups -OCH3 is 1. The van der Waals surface area contributed by atoms with Crippen molar-refractivity contribution in [1.29, 1.82) is 0 Å². The number of benzene rings is 3. The number of rotatable bonds is 13. The van der Waals surface area contributed by atoms with E-state index >= 15 is 4.39 Å². The quantitative estimate of drug-likeness (QED) is 0.119. The molecule has 1 aliphatic heterocycles. The molecule has 0 saturated heterocycles. The average molecular weight is 781 g/mol. The van der Waals surface area contributed by atoms with E-state index in [1.807, 2.05) is 48.9 Å². The molecule has 0 spiro atoms. The van der Waals surface area contributed by atoms with Gasteiger partial charge < -0.3 is 29.6 Å². The minimum absolute atomic E-state index is 0.00357. The fourth-order valence-electron chi connectivity index (χ4n) is 7.68. The molecule has 14 heteroatoms. The first kappa shape index (κ1) is 38.2. The predicted octanol–water partition coefficient (Wildman–Crippen LogP) is 6.09. The zero-order valence-electron chi connectivity index (χ0n) is 30.4. The number of aromatic nitrogens is 2. The maximum atomic E-state index is 15.9. The van der Waals surface area contributed by atoms with Crippen molar-refractivity contribution in [2.24, 2.45) is 7.05 Å². The Kier molecular flexibility index (Phi) is 11.3. The number of aliphatic hydroxyl groups excluding tert-OH is 2. The number of anilines is 1. The lowest BCUT2D eigenvalue weighted by molar-refractivity contribution is -0.144. The molecule has 7 rings (SSSR count). The highest BCUT2D eigenvalue weighted by molar-refractivity contribution is 6.36. The fraction of sp³-hybridized carbons (Fsp3) is 0.425. The second-order valence-corrected chi connectivity index (χ2v) is 15.0. The molecule has 1 amide bonds. The summed E-state index contributed by atoms with van der Waals surface area (Å²) in [7, 11) is 3.07. The summed E-state index contributed by atoms with van der Waals surface area (Å²) >= 11 is 13.6. The second-order valence-electron chi connectivity index (χ2n) is 14.3. The molecule has 3 aromatic carbocycles. The average Bonchev–Trinajstić information content (AvgIpc) is 3.87. The van der Waals surface area contributed by atoms with Crippen LogP contribution >= 0.6 is 23.2 Å². The topological polar surface area (TPSA) is 138 Å². The number of imidazole rings is 1. The lowest BCUT2D eigenvalue weighted by Crippen LogP contribution is -2.40. The summed E-state index contributed by atoms with van der Waals surface area (Å²) in [4.78, 5) is 32.4. The molecule has 1 aromatic heterocycles. The van der Waals surface area contributed by atoms with Crippen LogP contribution in [0.2, 0.25) is 10.0 Å². The first-order chi connectivity index (χ1) is 26.0. The van der Waals surface area contributed by atoms with Gasteiger partial charge in [0.1, 0.15) is 28.7 Å². The maximum absolute atomic E-state index is 15.9. The smallest absolute Gasteiger partial charge is 0.325 e. The Morgan fingerprint density at radius 2 is 1.80 bits per heavy atom. The molecule has 4 aromatic rings. The van der Waals surface area contributed by atoms with Gasteiger partial charge in [-0.1, -0.05) is 53.5 Å². The molecule has 3 atom stereocenters. The van der Waals surface area contributed by atoms with Crippen molar-refractivity contribution in [3.63, 3.8) is 0 Å². The van der Waals surface area contributed by atoms with Gasteiger partial charge in [-0.15, -0.1) is 0 Å².